The summed E-state index contributed by atoms with van der Waals surface area (Å²) in [6.45, 7) is 1.74. The maximum Gasteiger partial charge on any atom is 0.273 e. The molecule has 0 bridgehead atoms. The average Bonchev–Trinajstić information content (AvgIpc) is 2.96. The van der Waals surface area contributed by atoms with E-state index in [1.165, 1.54) is 17.7 Å². The van der Waals surface area contributed by atoms with Crippen LogP contribution in [0.1, 0.15) is 36.1 Å². The molecule has 200 valence electrons. The molecule has 0 radical (unpaired) electrons. The molecule has 39 heavy (non-hydrogen) atoms. The van der Waals surface area contributed by atoms with Crippen LogP contribution in [0.25, 0.3) is 11.4 Å². The molecule has 1 aliphatic rings. The highest BCUT2D eigenvalue weighted by atomic mass is 19.1. The predicted octanol–water partition coefficient (Wildman–Crippen LogP) is 4.96. The fourth-order valence-corrected chi connectivity index (χ4v) is 4.87. The van der Waals surface area contributed by atoms with E-state index >= 15 is 0 Å². The molecule has 1 aromatic heterocycles. The number of H-pyrrole nitrogens is 1. The van der Waals surface area contributed by atoms with E-state index in [9.17, 15) is 14.0 Å². The van der Waals surface area contributed by atoms with Gasteiger partial charge in [0, 0.05) is 31.5 Å². The molecule has 1 fully saturated rings. The Balaban J connectivity index is 1.10. The second-order valence-electron chi connectivity index (χ2n) is 9.91. The Morgan fingerprint density at radius 1 is 0.949 bits per heavy atom. The first-order chi connectivity index (χ1) is 19.0. The van der Waals surface area contributed by atoms with Gasteiger partial charge in [0.25, 0.3) is 5.56 Å². The Bertz CT molecular complexity index is 1450. The van der Waals surface area contributed by atoms with Crippen molar-refractivity contribution in [3.63, 3.8) is 0 Å². The highest BCUT2D eigenvalue weighted by Gasteiger charge is 2.23. The van der Waals surface area contributed by atoms with E-state index in [2.05, 4.69) is 39.4 Å². The molecule has 0 atom stereocenters. The zero-order valence-corrected chi connectivity index (χ0v) is 21.7. The topological polar surface area (TPSA) is 88.2 Å². The Morgan fingerprint density at radius 3 is 2.41 bits per heavy atom. The van der Waals surface area contributed by atoms with Gasteiger partial charge < -0.3 is 14.6 Å². The first kappa shape index (κ1) is 26.3. The van der Waals surface area contributed by atoms with Gasteiger partial charge in [-0.25, -0.2) is 4.39 Å². The summed E-state index contributed by atoms with van der Waals surface area (Å²) >= 11 is 0. The quantitative estimate of drug-likeness (QED) is 0.333. The van der Waals surface area contributed by atoms with E-state index in [-0.39, 0.29) is 42.4 Å². The van der Waals surface area contributed by atoms with E-state index in [0.29, 0.717) is 23.1 Å². The number of aryl methyl sites for hydroxylation is 1. The number of hydrogen-bond donors (Lipinski definition) is 1. The molecule has 1 aliphatic heterocycles. The van der Waals surface area contributed by atoms with Gasteiger partial charge in [0.1, 0.15) is 23.9 Å². The summed E-state index contributed by atoms with van der Waals surface area (Å²) in [5.41, 5.74) is 2.66. The molecule has 0 saturated carbocycles. The number of aromatic nitrogens is 3. The van der Waals surface area contributed by atoms with Crippen LogP contribution in [0.15, 0.2) is 83.7 Å². The SMILES string of the molecule is O=C(CCc1nnc(-c2ccc(OCc3cccc(F)c3)cc2)[nH]c1=O)N1CCC(Cc2ccccc2)CC1. The number of benzene rings is 3. The van der Waals surface area contributed by atoms with Crippen LogP contribution >= 0.6 is 0 Å². The minimum atomic E-state index is -0.346. The van der Waals surface area contributed by atoms with E-state index in [4.69, 9.17) is 4.74 Å². The third-order valence-corrected chi connectivity index (χ3v) is 7.10. The lowest BCUT2D eigenvalue weighted by Gasteiger charge is -2.32. The molecule has 7 nitrogen and oxygen atoms in total. The van der Waals surface area contributed by atoms with Gasteiger partial charge in [-0.15, -0.1) is 10.2 Å². The van der Waals surface area contributed by atoms with Crippen molar-refractivity contribution in [2.45, 2.75) is 38.7 Å². The average molecular weight is 527 g/mol. The number of halogens is 1. The molecular formula is C31H31FN4O3. The number of piperidine rings is 1. The second-order valence-corrected chi connectivity index (χ2v) is 9.91. The lowest BCUT2D eigenvalue weighted by Crippen LogP contribution is -2.39. The summed E-state index contributed by atoms with van der Waals surface area (Å²) in [4.78, 5) is 30.1. The molecule has 5 rings (SSSR count). The predicted molar refractivity (Wildman–Crippen MR) is 147 cm³/mol. The number of amides is 1. The molecule has 1 amide bonds. The maximum absolute atomic E-state index is 13.3. The number of nitrogens with zero attached hydrogens (tertiary/aromatic N) is 3. The number of carbonyl (C=O) groups is 1. The first-order valence-electron chi connectivity index (χ1n) is 13.3. The van der Waals surface area contributed by atoms with Crippen molar-refractivity contribution < 1.29 is 13.9 Å². The van der Waals surface area contributed by atoms with Crippen LogP contribution < -0.4 is 10.3 Å². The van der Waals surface area contributed by atoms with Gasteiger partial charge in [0.05, 0.1) is 0 Å². The summed E-state index contributed by atoms with van der Waals surface area (Å²) in [5.74, 6) is 1.28. The van der Waals surface area contributed by atoms with Crippen molar-refractivity contribution in [1.29, 1.82) is 0 Å². The number of aromatic amines is 1. The highest BCUT2D eigenvalue weighted by Crippen LogP contribution is 2.23. The molecule has 0 aliphatic carbocycles. The Kier molecular flexibility index (Phi) is 8.41. The van der Waals surface area contributed by atoms with Crippen molar-refractivity contribution in [2.24, 2.45) is 5.92 Å². The van der Waals surface area contributed by atoms with Crippen molar-refractivity contribution in [2.75, 3.05) is 13.1 Å². The van der Waals surface area contributed by atoms with Crippen molar-refractivity contribution in [3.05, 3.63) is 112 Å². The number of hydrogen-bond acceptors (Lipinski definition) is 5. The fraction of sp³-hybridized carbons (Fsp3) is 0.290. The molecular weight excluding hydrogens is 495 g/mol. The molecule has 1 saturated heterocycles. The van der Waals surface area contributed by atoms with Crippen LogP contribution in [0.2, 0.25) is 0 Å². The van der Waals surface area contributed by atoms with Crippen molar-refractivity contribution in [1.82, 2.24) is 20.1 Å². The molecule has 3 aromatic carbocycles. The Hall–Kier alpha value is -4.33. The van der Waals surface area contributed by atoms with Crippen LogP contribution in [0.4, 0.5) is 4.39 Å². The summed E-state index contributed by atoms with van der Waals surface area (Å²) < 4.78 is 19.0. The lowest BCUT2D eigenvalue weighted by molar-refractivity contribution is -0.132. The smallest absolute Gasteiger partial charge is 0.273 e. The van der Waals surface area contributed by atoms with E-state index in [0.717, 1.165) is 37.9 Å². The van der Waals surface area contributed by atoms with Crippen LogP contribution in [-0.4, -0.2) is 39.1 Å². The molecule has 2 heterocycles. The maximum atomic E-state index is 13.3. The van der Waals surface area contributed by atoms with Gasteiger partial charge in [-0.2, -0.15) is 0 Å². The third kappa shape index (κ3) is 7.16. The molecule has 8 heteroatoms. The molecule has 4 aromatic rings. The number of rotatable bonds is 9. The summed E-state index contributed by atoms with van der Waals surface area (Å²) in [5, 5.41) is 8.28. The number of likely N-dealkylation sites (tertiary alicyclic amines) is 1. The van der Waals surface area contributed by atoms with Gasteiger partial charge in [-0.05, 0) is 72.7 Å². The molecule has 1 N–H and O–H groups in total. The van der Waals surface area contributed by atoms with Gasteiger partial charge >= 0.3 is 0 Å². The van der Waals surface area contributed by atoms with Gasteiger partial charge in [-0.1, -0.05) is 42.5 Å². The van der Waals surface area contributed by atoms with Crippen LogP contribution in [-0.2, 0) is 24.2 Å². The van der Waals surface area contributed by atoms with Gasteiger partial charge in [-0.3, -0.25) is 9.59 Å². The van der Waals surface area contributed by atoms with Crippen LogP contribution in [0.5, 0.6) is 5.75 Å². The summed E-state index contributed by atoms with van der Waals surface area (Å²) in [7, 11) is 0. The fourth-order valence-electron chi connectivity index (χ4n) is 4.87. The third-order valence-electron chi connectivity index (χ3n) is 7.10. The lowest BCUT2D eigenvalue weighted by atomic mass is 9.90. The molecule has 0 spiro atoms. The zero-order valence-electron chi connectivity index (χ0n) is 21.7. The van der Waals surface area contributed by atoms with Gasteiger partial charge in [0.2, 0.25) is 5.91 Å². The van der Waals surface area contributed by atoms with Crippen LogP contribution in [0.3, 0.4) is 0 Å². The van der Waals surface area contributed by atoms with Crippen LogP contribution in [0, 0.1) is 11.7 Å². The highest BCUT2D eigenvalue weighted by molar-refractivity contribution is 5.76. The van der Waals surface area contributed by atoms with E-state index < -0.39 is 0 Å². The first-order valence-corrected chi connectivity index (χ1v) is 13.3. The van der Waals surface area contributed by atoms with Crippen molar-refractivity contribution >= 4 is 5.91 Å². The minimum Gasteiger partial charge on any atom is -0.489 e. The normalized spacial score (nSPS) is 13.8. The largest absolute Gasteiger partial charge is 0.489 e. The number of carbonyl (C=O) groups excluding carboxylic acids is 1. The summed E-state index contributed by atoms with van der Waals surface area (Å²) in [6.07, 6.45) is 3.51. The monoisotopic (exact) mass is 526 g/mol. The van der Waals surface area contributed by atoms with Crippen molar-refractivity contribution in [3.8, 4) is 17.1 Å². The Morgan fingerprint density at radius 2 is 1.69 bits per heavy atom. The van der Waals surface area contributed by atoms with E-state index in [1.807, 2.05) is 11.0 Å². The molecule has 0 unspecified atom stereocenters. The van der Waals surface area contributed by atoms with E-state index in [1.54, 1.807) is 36.4 Å². The second kappa shape index (κ2) is 12.5. The number of ether oxygens (including phenoxy) is 1. The zero-order chi connectivity index (χ0) is 27.0. The van der Waals surface area contributed by atoms with Gasteiger partial charge in [0.15, 0.2) is 5.82 Å². The number of nitrogens with one attached hydrogen (secondary N) is 1. The minimum absolute atomic E-state index is 0.0484. The standard InChI is InChI=1S/C31H31FN4O3/c32-26-8-4-7-24(20-26)21-39-27-11-9-25(10-12-27)30-33-31(38)28(34-35-30)13-14-29(37)36-17-15-23(16-18-36)19-22-5-2-1-3-6-22/h1-12,20,23H,13-19,21H2,(H,33,35,38). The summed E-state index contributed by atoms with van der Waals surface area (Å²) in [6, 6.07) is 23.8. The Labute approximate surface area is 226 Å².